The normalized spacial score (nSPS) is 12.4. The number of rotatable bonds is 8. The van der Waals surface area contributed by atoms with Crippen molar-refractivity contribution < 1.29 is 4.79 Å². The quantitative estimate of drug-likeness (QED) is 0.738. The number of aryl methyl sites for hydroxylation is 1. The van der Waals surface area contributed by atoms with Gasteiger partial charge in [0.05, 0.1) is 5.75 Å². The number of carbonyl (C=O) groups is 1. The molecule has 1 atom stereocenters. The molecule has 106 valence electrons. The molecule has 0 spiro atoms. The third-order valence-corrected chi connectivity index (χ3v) is 4.26. The maximum absolute atomic E-state index is 11.7. The lowest BCUT2D eigenvalue weighted by atomic mass is 10.1. The average molecular weight is 279 g/mol. The second-order valence-electron chi connectivity index (χ2n) is 5.24. The molecule has 1 aromatic carbocycles. The molecule has 3 heteroatoms. The summed E-state index contributed by atoms with van der Waals surface area (Å²) < 4.78 is 0. The van der Waals surface area contributed by atoms with E-state index in [0.717, 1.165) is 18.6 Å². The lowest BCUT2D eigenvalue weighted by molar-refractivity contribution is -0.119. The fourth-order valence-electron chi connectivity index (χ4n) is 1.65. The summed E-state index contributed by atoms with van der Waals surface area (Å²) in [5, 5.41) is 3.03. The molecule has 1 rings (SSSR count). The molecule has 0 saturated heterocycles. The molecule has 0 heterocycles. The lowest BCUT2D eigenvalue weighted by Crippen LogP contribution is -2.37. The van der Waals surface area contributed by atoms with Gasteiger partial charge in [0.15, 0.2) is 0 Å². The van der Waals surface area contributed by atoms with Crippen molar-refractivity contribution in [2.24, 2.45) is 5.92 Å². The molecule has 1 N–H and O–H groups in total. The van der Waals surface area contributed by atoms with Gasteiger partial charge in [0, 0.05) is 6.04 Å². The molecule has 0 aliphatic carbocycles. The first kappa shape index (κ1) is 16.1. The van der Waals surface area contributed by atoms with Crippen LogP contribution >= 0.6 is 11.8 Å². The van der Waals surface area contributed by atoms with Gasteiger partial charge in [-0.25, -0.2) is 0 Å². The molecule has 0 aliphatic rings. The van der Waals surface area contributed by atoms with Crippen LogP contribution in [0.2, 0.25) is 0 Å². The first-order valence-corrected chi connectivity index (χ1v) is 8.16. The van der Waals surface area contributed by atoms with Crippen LogP contribution in [0.5, 0.6) is 0 Å². The number of hydrogen-bond donors (Lipinski definition) is 1. The van der Waals surface area contributed by atoms with E-state index in [2.05, 4.69) is 50.4 Å². The van der Waals surface area contributed by atoms with Gasteiger partial charge in [0.2, 0.25) is 5.91 Å². The summed E-state index contributed by atoms with van der Waals surface area (Å²) in [5.41, 5.74) is 1.38. The smallest absolute Gasteiger partial charge is 0.230 e. The summed E-state index contributed by atoms with van der Waals surface area (Å²) in [7, 11) is 0. The highest BCUT2D eigenvalue weighted by molar-refractivity contribution is 7.99. The van der Waals surface area contributed by atoms with Crippen LogP contribution in [-0.4, -0.2) is 23.5 Å². The molecule has 1 amide bonds. The summed E-state index contributed by atoms with van der Waals surface area (Å²) in [4.78, 5) is 11.7. The largest absolute Gasteiger partial charge is 0.353 e. The van der Waals surface area contributed by atoms with Crippen molar-refractivity contribution in [2.45, 2.75) is 39.7 Å². The Morgan fingerprint density at radius 1 is 1.21 bits per heavy atom. The van der Waals surface area contributed by atoms with E-state index in [4.69, 9.17) is 0 Å². The standard InChI is InChI=1S/C16H25NOS/c1-13(2)14(3)17-16(18)12-19-11-7-10-15-8-5-4-6-9-15/h4-6,8-9,13-14H,7,10-12H2,1-3H3,(H,17,18). The Bertz CT molecular complexity index is 364. The van der Waals surface area contributed by atoms with Crippen LogP contribution in [0.4, 0.5) is 0 Å². The molecule has 1 unspecified atom stereocenters. The van der Waals surface area contributed by atoms with Crippen molar-refractivity contribution in [3.8, 4) is 0 Å². The summed E-state index contributed by atoms with van der Waals surface area (Å²) in [6.45, 7) is 6.30. The third-order valence-electron chi connectivity index (χ3n) is 3.22. The zero-order valence-corrected chi connectivity index (χ0v) is 13.0. The molecule has 0 fully saturated rings. The second kappa shape index (κ2) is 9.03. The van der Waals surface area contributed by atoms with Gasteiger partial charge in [0.25, 0.3) is 0 Å². The van der Waals surface area contributed by atoms with Gasteiger partial charge in [-0.1, -0.05) is 44.2 Å². The number of thioether (sulfide) groups is 1. The number of carbonyl (C=O) groups excluding carboxylic acids is 1. The van der Waals surface area contributed by atoms with Gasteiger partial charge in [-0.15, -0.1) is 0 Å². The summed E-state index contributed by atoms with van der Waals surface area (Å²) >= 11 is 1.72. The number of hydrogen-bond acceptors (Lipinski definition) is 2. The molecule has 0 aromatic heterocycles. The van der Waals surface area contributed by atoms with Crippen molar-refractivity contribution >= 4 is 17.7 Å². The number of benzene rings is 1. The fourth-order valence-corrected chi connectivity index (χ4v) is 2.41. The van der Waals surface area contributed by atoms with Crippen LogP contribution < -0.4 is 5.32 Å². The van der Waals surface area contributed by atoms with E-state index in [9.17, 15) is 4.79 Å². The van der Waals surface area contributed by atoms with Crippen molar-refractivity contribution in [1.29, 1.82) is 0 Å². The van der Waals surface area contributed by atoms with E-state index >= 15 is 0 Å². The predicted molar refractivity (Wildman–Crippen MR) is 84.5 cm³/mol. The molecule has 0 radical (unpaired) electrons. The van der Waals surface area contributed by atoms with Crippen LogP contribution in [0.1, 0.15) is 32.8 Å². The fraction of sp³-hybridized carbons (Fsp3) is 0.562. The Kier molecular flexibility index (Phi) is 7.65. The second-order valence-corrected chi connectivity index (χ2v) is 6.35. The van der Waals surface area contributed by atoms with Gasteiger partial charge in [-0.05, 0) is 37.0 Å². The summed E-state index contributed by atoms with van der Waals surface area (Å²) in [5.74, 6) is 2.27. The van der Waals surface area contributed by atoms with E-state index < -0.39 is 0 Å². The summed E-state index contributed by atoms with van der Waals surface area (Å²) in [6, 6.07) is 10.8. The van der Waals surface area contributed by atoms with Gasteiger partial charge in [-0.2, -0.15) is 11.8 Å². The maximum Gasteiger partial charge on any atom is 0.230 e. The Morgan fingerprint density at radius 3 is 2.53 bits per heavy atom. The van der Waals surface area contributed by atoms with E-state index in [1.54, 1.807) is 11.8 Å². The molecule has 2 nitrogen and oxygen atoms in total. The Morgan fingerprint density at radius 2 is 1.89 bits per heavy atom. The van der Waals surface area contributed by atoms with E-state index in [1.165, 1.54) is 5.56 Å². The molecule has 0 aliphatic heterocycles. The van der Waals surface area contributed by atoms with E-state index in [1.807, 2.05) is 6.07 Å². The van der Waals surface area contributed by atoms with Crippen molar-refractivity contribution in [2.75, 3.05) is 11.5 Å². The van der Waals surface area contributed by atoms with Gasteiger partial charge in [-0.3, -0.25) is 4.79 Å². The number of nitrogens with one attached hydrogen (secondary N) is 1. The minimum atomic E-state index is 0.158. The number of amides is 1. The minimum Gasteiger partial charge on any atom is -0.353 e. The Labute approximate surface area is 121 Å². The zero-order valence-electron chi connectivity index (χ0n) is 12.2. The maximum atomic E-state index is 11.7. The predicted octanol–water partition coefficient (Wildman–Crippen LogP) is 3.51. The van der Waals surface area contributed by atoms with Crippen LogP contribution in [0.25, 0.3) is 0 Å². The monoisotopic (exact) mass is 279 g/mol. The topological polar surface area (TPSA) is 29.1 Å². The van der Waals surface area contributed by atoms with Crippen molar-refractivity contribution in [3.05, 3.63) is 35.9 Å². The Balaban J connectivity index is 2.06. The lowest BCUT2D eigenvalue weighted by Gasteiger charge is -2.17. The highest BCUT2D eigenvalue weighted by atomic mass is 32.2. The highest BCUT2D eigenvalue weighted by Crippen LogP contribution is 2.08. The Hall–Kier alpha value is -0.960. The minimum absolute atomic E-state index is 0.158. The van der Waals surface area contributed by atoms with Gasteiger partial charge < -0.3 is 5.32 Å². The van der Waals surface area contributed by atoms with Gasteiger partial charge >= 0.3 is 0 Å². The zero-order chi connectivity index (χ0) is 14.1. The first-order chi connectivity index (χ1) is 9.09. The van der Waals surface area contributed by atoms with E-state index in [0.29, 0.717) is 11.7 Å². The van der Waals surface area contributed by atoms with Crippen molar-refractivity contribution in [1.82, 2.24) is 5.32 Å². The molecule has 19 heavy (non-hydrogen) atoms. The van der Waals surface area contributed by atoms with Gasteiger partial charge in [0.1, 0.15) is 0 Å². The molecular weight excluding hydrogens is 254 g/mol. The van der Waals surface area contributed by atoms with Crippen LogP contribution in [0.3, 0.4) is 0 Å². The van der Waals surface area contributed by atoms with Crippen molar-refractivity contribution in [3.63, 3.8) is 0 Å². The first-order valence-electron chi connectivity index (χ1n) is 7.00. The van der Waals surface area contributed by atoms with Crippen LogP contribution in [0.15, 0.2) is 30.3 Å². The SMILES string of the molecule is CC(C)C(C)NC(=O)CSCCCc1ccccc1. The third kappa shape index (κ3) is 7.26. The molecule has 1 aromatic rings. The molecular formula is C16H25NOS. The van der Waals surface area contributed by atoms with Crippen LogP contribution in [-0.2, 0) is 11.2 Å². The summed E-state index contributed by atoms with van der Waals surface area (Å²) in [6.07, 6.45) is 2.22. The molecule has 0 saturated carbocycles. The van der Waals surface area contributed by atoms with Crippen LogP contribution in [0, 0.1) is 5.92 Å². The highest BCUT2D eigenvalue weighted by Gasteiger charge is 2.10. The average Bonchev–Trinajstić information content (AvgIpc) is 2.39. The van der Waals surface area contributed by atoms with E-state index in [-0.39, 0.29) is 11.9 Å². The molecule has 0 bridgehead atoms.